The van der Waals surface area contributed by atoms with Gasteiger partial charge in [-0.05, 0) is 63.2 Å². The van der Waals surface area contributed by atoms with Gasteiger partial charge in [0.2, 0.25) is 0 Å². The highest BCUT2D eigenvalue weighted by Gasteiger charge is 2.39. The maximum atomic E-state index is 5.70. The molecule has 4 heterocycles. The topological polar surface area (TPSA) is 43.3 Å². The van der Waals surface area contributed by atoms with Gasteiger partial charge in [-0.2, -0.15) is 0 Å². The fraction of sp³-hybridized carbons (Fsp3) is 0.762. The molecule has 0 aliphatic carbocycles. The Hall–Kier alpha value is -1.31. The molecule has 0 aromatic carbocycles. The van der Waals surface area contributed by atoms with Crippen LogP contribution in [0, 0.1) is 0 Å². The maximum Gasteiger partial charge on any atom is 0.194 e. The van der Waals surface area contributed by atoms with E-state index in [1.807, 2.05) is 11.3 Å². The molecule has 0 unspecified atom stereocenters. The monoisotopic (exact) mass is 405 g/mol. The standard InChI is InChI=1S/C21H35N5OS/c1-2-22-20(25-13-11-24(12-14-25)19-6-5-17-28-19)23-18-21(7-15-27-16-8-21)26-9-3-4-10-26/h5-6,17H,2-4,7-16,18H2,1H3,(H,22,23). The Bertz CT molecular complexity index is 615. The molecule has 3 saturated heterocycles. The predicted molar refractivity (Wildman–Crippen MR) is 118 cm³/mol. The Kier molecular flexibility index (Phi) is 6.75. The van der Waals surface area contributed by atoms with Crippen LogP contribution in [0.25, 0.3) is 0 Å². The molecule has 1 aromatic heterocycles. The third-order valence-corrected chi connectivity index (χ3v) is 7.38. The summed E-state index contributed by atoms with van der Waals surface area (Å²) in [7, 11) is 0. The van der Waals surface area contributed by atoms with Gasteiger partial charge < -0.3 is 19.9 Å². The van der Waals surface area contributed by atoms with E-state index in [9.17, 15) is 0 Å². The van der Waals surface area contributed by atoms with Crippen molar-refractivity contribution in [3.05, 3.63) is 17.5 Å². The normalized spacial score (nSPS) is 24.0. The van der Waals surface area contributed by atoms with E-state index < -0.39 is 0 Å². The van der Waals surface area contributed by atoms with E-state index in [0.717, 1.165) is 71.3 Å². The summed E-state index contributed by atoms with van der Waals surface area (Å²) in [5.74, 6) is 1.10. The Morgan fingerprint density at radius 1 is 1.14 bits per heavy atom. The molecular formula is C21H35N5OS. The van der Waals surface area contributed by atoms with Gasteiger partial charge in [-0.25, -0.2) is 0 Å². The fourth-order valence-electron chi connectivity index (χ4n) is 4.75. The Balaban J connectivity index is 1.42. The summed E-state index contributed by atoms with van der Waals surface area (Å²) in [4.78, 5) is 12.8. The van der Waals surface area contributed by atoms with E-state index in [4.69, 9.17) is 9.73 Å². The smallest absolute Gasteiger partial charge is 0.194 e. The van der Waals surface area contributed by atoms with Gasteiger partial charge in [0.15, 0.2) is 5.96 Å². The van der Waals surface area contributed by atoms with E-state index in [0.29, 0.717) is 0 Å². The predicted octanol–water partition coefficient (Wildman–Crippen LogP) is 2.48. The van der Waals surface area contributed by atoms with Crippen LogP contribution in [0.5, 0.6) is 0 Å². The van der Waals surface area contributed by atoms with Crippen LogP contribution >= 0.6 is 11.3 Å². The summed E-state index contributed by atoms with van der Waals surface area (Å²) in [6.07, 6.45) is 4.89. The number of hydrogen-bond donors (Lipinski definition) is 1. The minimum atomic E-state index is 0.203. The van der Waals surface area contributed by atoms with Crippen LogP contribution in [0.3, 0.4) is 0 Å². The molecule has 3 aliphatic rings. The van der Waals surface area contributed by atoms with Crippen LogP contribution in [0.4, 0.5) is 5.00 Å². The summed E-state index contributed by atoms with van der Waals surface area (Å²) in [5, 5.41) is 7.11. The molecule has 28 heavy (non-hydrogen) atoms. The molecular weight excluding hydrogens is 370 g/mol. The number of guanidine groups is 1. The molecule has 7 heteroatoms. The zero-order valence-corrected chi connectivity index (χ0v) is 18.1. The number of ether oxygens (including phenoxy) is 1. The van der Waals surface area contributed by atoms with Gasteiger partial charge in [-0.1, -0.05) is 0 Å². The Labute approximate surface area is 173 Å². The largest absolute Gasteiger partial charge is 0.381 e. The zero-order valence-electron chi connectivity index (χ0n) is 17.2. The van der Waals surface area contributed by atoms with E-state index in [1.165, 1.54) is 30.9 Å². The van der Waals surface area contributed by atoms with Crippen molar-refractivity contribution in [2.45, 2.75) is 38.1 Å². The van der Waals surface area contributed by atoms with Gasteiger partial charge >= 0.3 is 0 Å². The molecule has 156 valence electrons. The van der Waals surface area contributed by atoms with Crippen molar-refractivity contribution in [1.82, 2.24) is 15.1 Å². The summed E-state index contributed by atoms with van der Waals surface area (Å²) in [6, 6.07) is 4.37. The lowest BCUT2D eigenvalue weighted by Crippen LogP contribution is -2.55. The molecule has 1 aromatic rings. The SMILES string of the molecule is CCNC(=NCC1(N2CCCC2)CCOCC1)N1CCN(c2cccs2)CC1. The molecule has 0 radical (unpaired) electrons. The quantitative estimate of drug-likeness (QED) is 0.602. The lowest BCUT2D eigenvalue weighted by Gasteiger charge is -2.44. The summed E-state index contributed by atoms with van der Waals surface area (Å²) < 4.78 is 5.70. The third-order valence-electron chi connectivity index (χ3n) is 6.46. The van der Waals surface area contributed by atoms with Gasteiger partial charge in [-0.15, -0.1) is 11.3 Å². The van der Waals surface area contributed by atoms with Crippen LogP contribution in [0.2, 0.25) is 0 Å². The lowest BCUT2D eigenvalue weighted by molar-refractivity contribution is -0.0139. The van der Waals surface area contributed by atoms with Gasteiger partial charge in [-0.3, -0.25) is 9.89 Å². The van der Waals surface area contributed by atoms with Crippen molar-refractivity contribution in [1.29, 1.82) is 0 Å². The first kappa shape index (κ1) is 20.0. The number of nitrogens with one attached hydrogen (secondary N) is 1. The van der Waals surface area contributed by atoms with Crippen molar-refractivity contribution >= 4 is 22.3 Å². The number of thiophene rings is 1. The summed E-state index contributed by atoms with van der Waals surface area (Å²) in [6.45, 7) is 12.4. The second kappa shape index (κ2) is 9.46. The number of nitrogens with zero attached hydrogens (tertiary/aromatic N) is 4. The van der Waals surface area contributed by atoms with Crippen LogP contribution in [0.1, 0.15) is 32.6 Å². The highest BCUT2D eigenvalue weighted by molar-refractivity contribution is 7.14. The minimum Gasteiger partial charge on any atom is -0.381 e. The Morgan fingerprint density at radius 3 is 2.54 bits per heavy atom. The van der Waals surface area contributed by atoms with Crippen molar-refractivity contribution in [2.24, 2.45) is 4.99 Å². The fourth-order valence-corrected chi connectivity index (χ4v) is 5.54. The molecule has 0 spiro atoms. The average Bonchev–Trinajstić information content (AvgIpc) is 3.47. The van der Waals surface area contributed by atoms with Crippen LogP contribution in [-0.4, -0.2) is 86.9 Å². The molecule has 0 bridgehead atoms. The third kappa shape index (κ3) is 4.47. The lowest BCUT2D eigenvalue weighted by atomic mass is 9.88. The number of anilines is 1. The van der Waals surface area contributed by atoms with Crippen molar-refractivity contribution < 1.29 is 4.74 Å². The second-order valence-electron chi connectivity index (χ2n) is 8.13. The first-order valence-corrected chi connectivity index (χ1v) is 11.8. The number of piperazine rings is 1. The molecule has 0 saturated carbocycles. The molecule has 1 N–H and O–H groups in total. The summed E-state index contributed by atoms with van der Waals surface area (Å²) in [5.41, 5.74) is 0.203. The van der Waals surface area contributed by atoms with Crippen molar-refractivity contribution in [2.75, 3.05) is 70.5 Å². The first-order valence-electron chi connectivity index (χ1n) is 11.0. The molecule has 3 aliphatic heterocycles. The van der Waals surface area contributed by atoms with Crippen molar-refractivity contribution in [3.8, 4) is 0 Å². The van der Waals surface area contributed by atoms with Gasteiger partial charge in [0.1, 0.15) is 0 Å². The Morgan fingerprint density at radius 2 is 1.89 bits per heavy atom. The molecule has 0 amide bonds. The number of rotatable bonds is 5. The minimum absolute atomic E-state index is 0.203. The number of hydrogen-bond acceptors (Lipinski definition) is 5. The van der Waals surface area contributed by atoms with E-state index in [2.05, 4.69) is 44.5 Å². The zero-order chi connectivity index (χ0) is 19.2. The van der Waals surface area contributed by atoms with Gasteiger partial charge in [0, 0.05) is 51.5 Å². The van der Waals surface area contributed by atoms with Gasteiger partial charge in [0.25, 0.3) is 0 Å². The highest BCUT2D eigenvalue weighted by Crippen LogP contribution is 2.32. The highest BCUT2D eigenvalue weighted by atomic mass is 32.1. The van der Waals surface area contributed by atoms with E-state index in [1.54, 1.807) is 0 Å². The van der Waals surface area contributed by atoms with Crippen LogP contribution < -0.4 is 10.2 Å². The first-order chi connectivity index (χ1) is 13.8. The van der Waals surface area contributed by atoms with E-state index >= 15 is 0 Å². The molecule has 6 nitrogen and oxygen atoms in total. The second-order valence-corrected chi connectivity index (χ2v) is 9.05. The van der Waals surface area contributed by atoms with E-state index in [-0.39, 0.29) is 5.54 Å². The maximum absolute atomic E-state index is 5.70. The molecule has 4 rings (SSSR count). The summed E-state index contributed by atoms with van der Waals surface area (Å²) >= 11 is 1.84. The molecule has 0 atom stereocenters. The number of aliphatic imine (C=N–C) groups is 1. The number of likely N-dealkylation sites (tertiary alicyclic amines) is 1. The average molecular weight is 406 g/mol. The van der Waals surface area contributed by atoms with Crippen molar-refractivity contribution in [3.63, 3.8) is 0 Å². The molecule has 3 fully saturated rings. The van der Waals surface area contributed by atoms with Crippen LogP contribution in [-0.2, 0) is 4.74 Å². The van der Waals surface area contributed by atoms with Crippen LogP contribution in [0.15, 0.2) is 22.5 Å². The van der Waals surface area contributed by atoms with Gasteiger partial charge in [0.05, 0.1) is 11.5 Å².